The maximum atomic E-state index is 12.2. The minimum atomic E-state index is -1.14. The van der Waals surface area contributed by atoms with E-state index in [4.69, 9.17) is 11.6 Å². The van der Waals surface area contributed by atoms with Gasteiger partial charge in [0.2, 0.25) is 0 Å². The van der Waals surface area contributed by atoms with E-state index in [1.165, 1.54) is 12.1 Å². The Labute approximate surface area is 142 Å². The van der Waals surface area contributed by atoms with Crippen molar-refractivity contribution < 1.29 is 14.7 Å². The molecule has 110 valence electrons. The SMILES string of the molecule is Cn1cc(Cl)cc1C(=O)Nc1c(Br)cc(Br)cc1C(=O)O. The molecule has 0 fully saturated rings. The molecule has 0 aliphatic rings. The van der Waals surface area contributed by atoms with Crippen molar-refractivity contribution in [3.8, 4) is 0 Å². The van der Waals surface area contributed by atoms with Crippen molar-refractivity contribution in [2.75, 3.05) is 5.32 Å². The molecule has 0 aliphatic heterocycles. The van der Waals surface area contributed by atoms with Crippen molar-refractivity contribution in [3.05, 3.63) is 49.6 Å². The van der Waals surface area contributed by atoms with Gasteiger partial charge in [0, 0.05) is 22.2 Å². The summed E-state index contributed by atoms with van der Waals surface area (Å²) >= 11 is 12.3. The highest BCUT2D eigenvalue weighted by molar-refractivity contribution is 9.11. The maximum Gasteiger partial charge on any atom is 0.337 e. The number of carbonyl (C=O) groups is 2. The standard InChI is InChI=1S/C13H9Br2ClN2O3/c1-18-5-7(16)4-10(18)12(19)17-11-8(13(20)21)2-6(14)3-9(11)15/h2-5H,1H3,(H,17,19)(H,20,21). The number of amides is 1. The van der Waals surface area contributed by atoms with Crippen LogP contribution in [-0.2, 0) is 7.05 Å². The van der Waals surface area contributed by atoms with Crippen LogP contribution >= 0.6 is 43.5 Å². The van der Waals surface area contributed by atoms with E-state index in [0.29, 0.717) is 19.7 Å². The molecule has 2 N–H and O–H groups in total. The number of rotatable bonds is 3. The fourth-order valence-electron chi connectivity index (χ4n) is 1.80. The van der Waals surface area contributed by atoms with Gasteiger partial charge in [0.1, 0.15) is 5.69 Å². The second-order valence-electron chi connectivity index (χ2n) is 4.22. The van der Waals surface area contributed by atoms with Gasteiger partial charge in [-0.2, -0.15) is 0 Å². The van der Waals surface area contributed by atoms with Gasteiger partial charge in [-0.25, -0.2) is 4.79 Å². The Morgan fingerprint density at radius 1 is 1.29 bits per heavy atom. The van der Waals surface area contributed by atoms with E-state index < -0.39 is 11.9 Å². The number of hydrogen-bond acceptors (Lipinski definition) is 2. The minimum Gasteiger partial charge on any atom is -0.478 e. The summed E-state index contributed by atoms with van der Waals surface area (Å²) in [6.07, 6.45) is 1.59. The molecule has 0 spiro atoms. The Hall–Kier alpha value is -1.31. The number of carbonyl (C=O) groups excluding carboxylic acids is 1. The number of nitrogens with zero attached hydrogens (tertiary/aromatic N) is 1. The van der Waals surface area contributed by atoms with E-state index >= 15 is 0 Å². The molecule has 1 aromatic heterocycles. The van der Waals surface area contributed by atoms with Crippen LogP contribution in [0.25, 0.3) is 0 Å². The zero-order chi connectivity index (χ0) is 15.7. The first-order valence-corrected chi connectivity index (χ1v) is 7.61. The van der Waals surface area contributed by atoms with E-state index in [1.54, 1.807) is 23.9 Å². The van der Waals surface area contributed by atoms with Crippen LogP contribution in [0.15, 0.2) is 33.3 Å². The lowest BCUT2D eigenvalue weighted by Crippen LogP contribution is -2.18. The van der Waals surface area contributed by atoms with E-state index in [9.17, 15) is 14.7 Å². The van der Waals surface area contributed by atoms with Gasteiger partial charge in [0.25, 0.3) is 5.91 Å². The van der Waals surface area contributed by atoms with Crippen LogP contribution in [0.5, 0.6) is 0 Å². The van der Waals surface area contributed by atoms with Crippen LogP contribution in [0.4, 0.5) is 5.69 Å². The van der Waals surface area contributed by atoms with Gasteiger partial charge in [0.05, 0.1) is 16.3 Å². The molecule has 21 heavy (non-hydrogen) atoms. The number of carboxylic acid groups (broad SMARTS) is 1. The van der Waals surface area contributed by atoms with Crippen LogP contribution in [-0.4, -0.2) is 21.6 Å². The van der Waals surface area contributed by atoms with Gasteiger partial charge in [-0.1, -0.05) is 27.5 Å². The highest BCUT2D eigenvalue weighted by Gasteiger charge is 2.19. The lowest BCUT2D eigenvalue weighted by molar-refractivity contribution is 0.0698. The van der Waals surface area contributed by atoms with Crippen LogP contribution in [0, 0.1) is 0 Å². The smallest absolute Gasteiger partial charge is 0.337 e. The number of aromatic nitrogens is 1. The Morgan fingerprint density at radius 3 is 2.48 bits per heavy atom. The summed E-state index contributed by atoms with van der Waals surface area (Å²) in [7, 11) is 1.68. The summed E-state index contributed by atoms with van der Waals surface area (Å²) in [5.74, 6) is -1.59. The number of carboxylic acids is 1. The Kier molecular flexibility index (Phi) is 4.75. The highest BCUT2D eigenvalue weighted by atomic mass is 79.9. The number of nitrogens with one attached hydrogen (secondary N) is 1. The van der Waals surface area contributed by atoms with Gasteiger partial charge >= 0.3 is 5.97 Å². The molecule has 0 radical (unpaired) electrons. The summed E-state index contributed by atoms with van der Waals surface area (Å²) in [6, 6.07) is 4.57. The molecule has 1 heterocycles. The van der Waals surface area contributed by atoms with Gasteiger partial charge < -0.3 is 15.0 Å². The number of benzene rings is 1. The topological polar surface area (TPSA) is 71.3 Å². The predicted octanol–water partition coefficient (Wildman–Crippen LogP) is 4.15. The molecular formula is C13H9Br2ClN2O3. The minimum absolute atomic E-state index is 0.0232. The summed E-state index contributed by atoms with van der Waals surface area (Å²) < 4.78 is 2.61. The van der Waals surface area contributed by atoms with E-state index in [2.05, 4.69) is 37.2 Å². The van der Waals surface area contributed by atoms with Crippen molar-refractivity contribution in [2.24, 2.45) is 7.05 Å². The quantitative estimate of drug-likeness (QED) is 0.759. The second-order valence-corrected chi connectivity index (χ2v) is 6.43. The van der Waals surface area contributed by atoms with Crippen molar-refractivity contribution >= 4 is 61.0 Å². The second kappa shape index (κ2) is 6.21. The van der Waals surface area contributed by atoms with Crippen molar-refractivity contribution in [3.63, 3.8) is 0 Å². The van der Waals surface area contributed by atoms with Crippen LogP contribution in [0.1, 0.15) is 20.8 Å². The third-order valence-electron chi connectivity index (χ3n) is 2.73. The molecule has 0 saturated heterocycles. The van der Waals surface area contributed by atoms with Gasteiger partial charge in [-0.3, -0.25) is 4.79 Å². The zero-order valence-corrected chi connectivity index (χ0v) is 14.6. The Bertz CT molecular complexity index is 743. The number of hydrogen-bond donors (Lipinski definition) is 2. The fourth-order valence-corrected chi connectivity index (χ4v) is 3.37. The van der Waals surface area contributed by atoms with Crippen molar-refractivity contribution in [1.82, 2.24) is 4.57 Å². The normalized spacial score (nSPS) is 10.5. The molecule has 0 unspecified atom stereocenters. The molecular weight excluding hydrogens is 427 g/mol. The first-order valence-electron chi connectivity index (χ1n) is 5.65. The van der Waals surface area contributed by atoms with E-state index in [0.717, 1.165) is 0 Å². The lowest BCUT2D eigenvalue weighted by Gasteiger charge is -2.11. The molecule has 1 amide bonds. The summed E-state index contributed by atoms with van der Waals surface area (Å²) in [5.41, 5.74) is 0.490. The molecule has 2 aromatic rings. The van der Waals surface area contributed by atoms with Crippen LogP contribution < -0.4 is 5.32 Å². The van der Waals surface area contributed by atoms with Crippen LogP contribution in [0.2, 0.25) is 5.02 Å². The molecule has 0 aliphatic carbocycles. The summed E-state index contributed by atoms with van der Waals surface area (Å²) in [6.45, 7) is 0. The first kappa shape index (κ1) is 16.1. The fraction of sp³-hybridized carbons (Fsp3) is 0.0769. The molecule has 2 rings (SSSR count). The molecule has 1 aromatic carbocycles. The molecule has 0 saturated carbocycles. The number of aryl methyl sites for hydroxylation is 1. The van der Waals surface area contributed by atoms with Crippen LogP contribution in [0.3, 0.4) is 0 Å². The third kappa shape index (κ3) is 3.48. The van der Waals surface area contributed by atoms with E-state index in [-0.39, 0.29) is 11.3 Å². The summed E-state index contributed by atoms with van der Waals surface area (Å²) in [4.78, 5) is 23.5. The van der Waals surface area contributed by atoms with Crippen molar-refractivity contribution in [2.45, 2.75) is 0 Å². The summed E-state index contributed by atoms with van der Waals surface area (Å²) in [5, 5.41) is 12.3. The zero-order valence-electron chi connectivity index (χ0n) is 10.7. The van der Waals surface area contributed by atoms with Gasteiger partial charge in [-0.05, 0) is 34.1 Å². The number of halogens is 3. The molecule has 0 atom stereocenters. The average molecular weight is 436 g/mol. The average Bonchev–Trinajstić information content (AvgIpc) is 2.71. The molecule has 8 heteroatoms. The highest BCUT2D eigenvalue weighted by Crippen LogP contribution is 2.31. The van der Waals surface area contributed by atoms with Gasteiger partial charge in [0.15, 0.2) is 0 Å². The molecule has 5 nitrogen and oxygen atoms in total. The molecule has 0 bridgehead atoms. The Morgan fingerprint density at radius 2 is 1.95 bits per heavy atom. The number of anilines is 1. The maximum absolute atomic E-state index is 12.2. The number of aromatic carboxylic acids is 1. The van der Waals surface area contributed by atoms with Gasteiger partial charge in [-0.15, -0.1) is 0 Å². The van der Waals surface area contributed by atoms with E-state index in [1.807, 2.05) is 0 Å². The van der Waals surface area contributed by atoms with Crippen molar-refractivity contribution in [1.29, 1.82) is 0 Å². The largest absolute Gasteiger partial charge is 0.478 e. The predicted molar refractivity (Wildman–Crippen MR) is 87.2 cm³/mol. The Balaban J connectivity index is 2.42. The lowest BCUT2D eigenvalue weighted by atomic mass is 10.1. The monoisotopic (exact) mass is 434 g/mol. The third-order valence-corrected chi connectivity index (χ3v) is 4.02. The first-order chi connectivity index (χ1) is 9.79.